The summed E-state index contributed by atoms with van der Waals surface area (Å²) >= 11 is 6.26. The topological polar surface area (TPSA) is 28.2 Å². The number of hydrogen-bond acceptors (Lipinski definition) is 3. The molecule has 0 amide bonds. The van der Waals surface area contributed by atoms with E-state index in [1.165, 1.54) is 16.5 Å². The van der Waals surface area contributed by atoms with Crippen LogP contribution in [-0.4, -0.2) is 36.1 Å². The minimum absolute atomic E-state index is 0.183. The molecule has 0 radical (unpaired) electrons. The largest absolute Gasteiger partial charge is 0.314 e. The normalized spacial score (nSPS) is 17.0. The highest BCUT2D eigenvalue weighted by molar-refractivity contribution is 6.30. The van der Waals surface area contributed by atoms with Gasteiger partial charge in [-0.05, 0) is 35.4 Å². The summed E-state index contributed by atoms with van der Waals surface area (Å²) in [5.74, 6) is 0. The molecule has 2 aromatic carbocycles. The average molecular weight is 338 g/mol. The van der Waals surface area contributed by atoms with E-state index in [1.807, 2.05) is 24.4 Å². The van der Waals surface area contributed by atoms with E-state index in [-0.39, 0.29) is 6.04 Å². The van der Waals surface area contributed by atoms with E-state index in [4.69, 9.17) is 11.6 Å². The summed E-state index contributed by atoms with van der Waals surface area (Å²) in [6.45, 7) is 4.06. The van der Waals surface area contributed by atoms with Gasteiger partial charge in [0.25, 0.3) is 0 Å². The molecule has 1 aliphatic rings. The van der Waals surface area contributed by atoms with Crippen LogP contribution in [0.4, 0.5) is 0 Å². The van der Waals surface area contributed by atoms with Crippen molar-refractivity contribution in [2.24, 2.45) is 0 Å². The molecule has 3 nitrogen and oxygen atoms in total. The number of nitrogens with one attached hydrogen (secondary N) is 1. The van der Waals surface area contributed by atoms with E-state index in [0.29, 0.717) is 0 Å². The van der Waals surface area contributed by atoms with E-state index in [2.05, 4.69) is 51.6 Å². The smallest absolute Gasteiger partial charge is 0.0702 e. The molecule has 1 N–H and O–H groups in total. The minimum atomic E-state index is 0.183. The van der Waals surface area contributed by atoms with E-state index in [0.717, 1.165) is 36.7 Å². The van der Waals surface area contributed by atoms with Crippen molar-refractivity contribution < 1.29 is 0 Å². The number of pyridine rings is 1. The van der Waals surface area contributed by atoms with Crippen molar-refractivity contribution in [2.75, 3.05) is 26.2 Å². The lowest BCUT2D eigenvalue weighted by atomic mass is 9.96. The highest BCUT2D eigenvalue weighted by Crippen LogP contribution is 2.31. The van der Waals surface area contributed by atoms with Gasteiger partial charge in [-0.15, -0.1) is 0 Å². The third kappa shape index (κ3) is 3.16. The van der Waals surface area contributed by atoms with E-state index >= 15 is 0 Å². The molecule has 3 aromatic rings. The van der Waals surface area contributed by atoms with Crippen LogP contribution in [0.2, 0.25) is 5.02 Å². The van der Waals surface area contributed by atoms with Crippen molar-refractivity contribution in [2.45, 2.75) is 6.04 Å². The molecule has 0 spiro atoms. The molecule has 0 saturated carbocycles. The van der Waals surface area contributed by atoms with Crippen LogP contribution in [0, 0.1) is 0 Å². The summed E-state index contributed by atoms with van der Waals surface area (Å²) in [6, 6.07) is 18.9. The Labute approximate surface area is 147 Å². The van der Waals surface area contributed by atoms with Crippen molar-refractivity contribution in [3.05, 3.63) is 76.9 Å². The Morgan fingerprint density at radius 2 is 1.79 bits per heavy atom. The fraction of sp³-hybridized carbons (Fsp3) is 0.250. The molecule has 1 saturated heterocycles. The Bertz CT molecular complexity index is 843. The van der Waals surface area contributed by atoms with Crippen molar-refractivity contribution in [3.63, 3.8) is 0 Å². The van der Waals surface area contributed by atoms with Gasteiger partial charge in [0.05, 0.1) is 11.6 Å². The number of nitrogens with zero attached hydrogens (tertiary/aromatic N) is 2. The monoisotopic (exact) mass is 337 g/mol. The van der Waals surface area contributed by atoms with Crippen LogP contribution in [0.3, 0.4) is 0 Å². The number of piperazine rings is 1. The summed E-state index contributed by atoms with van der Waals surface area (Å²) in [7, 11) is 0. The molecule has 4 rings (SSSR count). The Hall–Kier alpha value is -1.94. The first kappa shape index (κ1) is 15.6. The van der Waals surface area contributed by atoms with Gasteiger partial charge >= 0.3 is 0 Å². The molecule has 24 heavy (non-hydrogen) atoms. The lowest BCUT2D eigenvalue weighted by molar-refractivity contribution is 0.198. The number of fused-ring (bicyclic) bond motifs is 1. The molecule has 122 valence electrons. The fourth-order valence-corrected chi connectivity index (χ4v) is 3.67. The van der Waals surface area contributed by atoms with Crippen molar-refractivity contribution in [3.8, 4) is 0 Å². The number of halogens is 1. The van der Waals surface area contributed by atoms with Gasteiger partial charge in [0.2, 0.25) is 0 Å². The first-order chi connectivity index (χ1) is 11.8. The minimum Gasteiger partial charge on any atom is -0.314 e. The zero-order chi connectivity index (χ0) is 16.4. The van der Waals surface area contributed by atoms with E-state index < -0.39 is 0 Å². The molecular formula is C20H20ClN3. The first-order valence-electron chi connectivity index (χ1n) is 8.36. The molecule has 0 aliphatic carbocycles. The van der Waals surface area contributed by atoms with Gasteiger partial charge < -0.3 is 5.32 Å². The number of rotatable bonds is 3. The fourth-order valence-electron chi connectivity index (χ4n) is 3.47. The molecule has 2 heterocycles. The molecule has 1 atom stereocenters. The van der Waals surface area contributed by atoms with Gasteiger partial charge in [-0.1, -0.05) is 41.9 Å². The molecule has 1 aliphatic heterocycles. The summed E-state index contributed by atoms with van der Waals surface area (Å²) in [6.07, 6.45) is 2.01. The number of benzene rings is 2. The van der Waals surface area contributed by atoms with E-state index in [1.54, 1.807) is 0 Å². The Morgan fingerprint density at radius 1 is 0.958 bits per heavy atom. The predicted molar refractivity (Wildman–Crippen MR) is 99.5 cm³/mol. The van der Waals surface area contributed by atoms with Crippen molar-refractivity contribution in [1.82, 2.24) is 15.2 Å². The summed E-state index contributed by atoms with van der Waals surface area (Å²) in [4.78, 5) is 7.18. The van der Waals surface area contributed by atoms with Crippen molar-refractivity contribution >= 4 is 22.5 Å². The van der Waals surface area contributed by atoms with Crippen LogP contribution in [0.5, 0.6) is 0 Å². The van der Waals surface area contributed by atoms with Gasteiger partial charge in [-0.25, -0.2) is 0 Å². The van der Waals surface area contributed by atoms with Crippen LogP contribution >= 0.6 is 11.6 Å². The number of para-hydroxylation sites is 1. The number of aromatic nitrogens is 1. The number of hydrogen-bond donors (Lipinski definition) is 1. The molecular weight excluding hydrogens is 318 g/mol. The quantitative estimate of drug-likeness (QED) is 0.786. The highest BCUT2D eigenvalue weighted by Gasteiger charge is 2.24. The maximum Gasteiger partial charge on any atom is 0.0702 e. The molecule has 1 fully saturated rings. The van der Waals surface area contributed by atoms with Crippen LogP contribution < -0.4 is 5.32 Å². The summed E-state index contributed by atoms with van der Waals surface area (Å²) < 4.78 is 0. The zero-order valence-electron chi connectivity index (χ0n) is 13.5. The van der Waals surface area contributed by atoms with E-state index in [9.17, 15) is 0 Å². The highest BCUT2D eigenvalue weighted by atomic mass is 35.5. The second-order valence-electron chi connectivity index (χ2n) is 6.20. The van der Waals surface area contributed by atoms with Gasteiger partial charge in [-0.2, -0.15) is 0 Å². The lowest BCUT2D eigenvalue weighted by Gasteiger charge is -2.35. The Morgan fingerprint density at radius 3 is 2.62 bits per heavy atom. The van der Waals surface area contributed by atoms with Gasteiger partial charge in [0.15, 0.2) is 0 Å². The van der Waals surface area contributed by atoms with Crippen LogP contribution in [0.1, 0.15) is 17.2 Å². The maximum atomic E-state index is 6.26. The maximum absolute atomic E-state index is 6.26. The molecule has 0 bridgehead atoms. The molecule has 1 unspecified atom stereocenters. The summed E-state index contributed by atoms with van der Waals surface area (Å²) in [5, 5.41) is 5.39. The van der Waals surface area contributed by atoms with Gasteiger partial charge in [0.1, 0.15) is 0 Å². The third-order valence-corrected chi connectivity index (χ3v) is 4.84. The van der Waals surface area contributed by atoms with Gasteiger partial charge in [-0.3, -0.25) is 9.88 Å². The zero-order valence-corrected chi connectivity index (χ0v) is 14.2. The van der Waals surface area contributed by atoms with Crippen LogP contribution in [0.25, 0.3) is 10.9 Å². The van der Waals surface area contributed by atoms with Gasteiger partial charge in [0, 0.05) is 42.8 Å². The second-order valence-corrected chi connectivity index (χ2v) is 6.64. The average Bonchev–Trinajstić information content (AvgIpc) is 2.63. The molecule has 4 heteroatoms. The first-order valence-corrected chi connectivity index (χ1v) is 8.74. The lowest BCUT2D eigenvalue weighted by Crippen LogP contribution is -2.45. The Balaban J connectivity index is 1.80. The van der Waals surface area contributed by atoms with Crippen molar-refractivity contribution in [1.29, 1.82) is 0 Å². The van der Waals surface area contributed by atoms with Crippen LogP contribution in [-0.2, 0) is 0 Å². The third-order valence-electron chi connectivity index (χ3n) is 4.61. The molecule has 1 aromatic heterocycles. The summed E-state index contributed by atoms with van der Waals surface area (Å²) in [5.41, 5.74) is 3.48. The SMILES string of the molecule is Clc1cccc(C(c2cnc3ccccc3c2)N2CCNCC2)c1. The van der Waals surface area contributed by atoms with Crippen LogP contribution in [0.15, 0.2) is 60.8 Å². The standard InChI is InChI=1S/C20H20ClN3/c21-18-6-3-5-16(13-18)20(24-10-8-22-9-11-24)17-12-15-4-1-2-7-19(15)23-14-17/h1-7,12-14,20,22H,8-11H2. The Kier molecular flexibility index (Phi) is 4.48. The predicted octanol–water partition coefficient (Wildman–Crippen LogP) is 3.88. The second kappa shape index (κ2) is 6.89.